The van der Waals surface area contributed by atoms with Gasteiger partial charge in [-0.15, -0.1) is 0 Å². The molecular weight excluding hydrogens is 342 g/mol. The lowest BCUT2D eigenvalue weighted by atomic mass is 10.0. The van der Waals surface area contributed by atoms with Crippen molar-refractivity contribution < 1.29 is 29.0 Å². The van der Waals surface area contributed by atoms with E-state index in [1.807, 2.05) is 0 Å². The molecule has 9 nitrogen and oxygen atoms in total. The number of carboxylic acid groups (broad SMARTS) is 1. The molecule has 1 rings (SSSR count). The maximum atomic E-state index is 12.4. The summed E-state index contributed by atoms with van der Waals surface area (Å²) < 4.78 is 11.0. The minimum Gasteiger partial charge on any atom is -0.469 e. The highest BCUT2D eigenvalue weighted by molar-refractivity contribution is 5.70. The van der Waals surface area contributed by atoms with Gasteiger partial charge in [0.25, 0.3) is 0 Å². The summed E-state index contributed by atoms with van der Waals surface area (Å²) in [5.41, 5.74) is -0.193. The highest BCUT2D eigenvalue weighted by Gasteiger charge is 2.27. The van der Waals surface area contributed by atoms with Gasteiger partial charge in [-0.1, -0.05) is 0 Å². The number of rotatable bonds is 7. The number of nitrogens with zero attached hydrogens (tertiary/aromatic N) is 3. The third-order valence-corrected chi connectivity index (χ3v) is 3.74. The fraction of sp³-hybridized carbons (Fsp3) is 0.647. The predicted molar refractivity (Wildman–Crippen MR) is 93.0 cm³/mol. The Balaban J connectivity index is 2.90. The van der Waals surface area contributed by atoms with Gasteiger partial charge in [-0.3, -0.25) is 4.79 Å². The Morgan fingerprint density at radius 2 is 2.00 bits per heavy atom. The number of esters is 1. The molecule has 0 fully saturated rings. The largest absolute Gasteiger partial charge is 0.469 e. The van der Waals surface area contributed by atoms with Crippen molar-refractivity contribution in [1.82, 2.24) is 14.5 Å². The van der Waals surface area contributed by atoms with Gasteiger partial charge in [0.1, 0.15) is 11.9 Å². The number of carbonyl (C=O) groups is 3. The van der Waals surface area contributed by atoms with E-state index in [9.17, 15) is 19.5 Å². The van der Waals surface area contributed by atoms with Crippen molar-refractivity contribution in [2.45, 2.75) is 58.1 Å². The van der Waals surface area contributed by atoms with Crippen LogP contribution >= 0.6 is 0 Å². The summed E-state index contributed by atoms with van der Waals surface area (Å²) in [6, 6.07) is -0.357. The van der Waals surface area contributed by atoms with Gasteiger partial charge >= 0.3 is 18.2 Å². The first-order valence-corrected chi connectivity index (χ1v) is 8.32. The van der Waals surface area contributed by atoms with Crippen LogP contribution in [0.1, 0.15) is 45.7 Å². The molecule has 0 bridgehead atoms. The van der Waals surface area contributed by atoms with E-state index in [-0.39, 0.29) is 24.9 Å². The van der Waals surface area contributed by atoms with Gasteiger partial charge in [0.05, 0.1) is 12.8 Å². The van der Waals surface area contributed by atoms with Crippen LogP contribution in [0.5, 0.6) is 0 Å². The second kappa shape index (κ2) is 9.21. The topological polar surface area (TPSA) is 111 Å². The number of methoxy groups -OCH3 is 1. The summed E-state index contributed by atoms with van der Waals surface area (Å²) in [5.74, 6) is -0.334. The number of amides is 1. The van der Waals surface area contributed by atoms with Gasteiger partial charge < -0.3 is 19.5 Å². The maximum absolute atomic E-state index is 12.4. The minimum atomic E-state index is -1.15. The smallest absolute Gasteiger partial charge is 0.417 e. The summed E-state index contributed by atoms with van der Waals surface area (Å²) in [6.07, 6.45) is 2.45. The third kappa shape index (κ3) is 6.73. The number of aromatic nitrogens is 2. The van der Waals surface area contributed by atoms with Crippen LogP contribution in [0, 0.1) is 0 Å². The van der Waals surface area contributed by atoms with E-state index in [1.165, 1.54) is 24.5 Å². The molecule has 0 saturated carbocycles. The standard InChI is InChI=1S/C17H27N3O6/c1-17(2,3)26-16(24)19(4)12(7-6-8-14(21)25-5)9-13-10-18-11-20(13)15(22)23/h10-12H,6-9H2,1-5H3,(H,22,23). The van der Waals surface area contributed by atoms with Crippen LogP contribution in [0.15, 0.2) is 12.5 Å². The lowest BCUT2D eigenvalue weighted by Gasteiger charge is -2.31. The maximum Gasteiger partial charge on any atom is 0.417 e. The molecule has 9 heteroatoms. The molecule has 1 aromatic heterocycles. The Kier molecular flexibility index (Phi) is 7.60. The fourth-order valence-electron chi connectivity index (χ4n) is 2.39. The van der Waals surface area contributed by atoms with E-state index < -0.39 is 17.8 Å². The molecular formula is C17H27N3O6. The van der Waals surface area contributed by atoms with E-state index in [0.29, 0.717) is 18.5 Å². The third-order valence-electron chi connectivity index (χ3n) is 3.74. The van der Waals surface area contributed by atoms with Gasteiger partial charge in [0, 0.05) is 32.1 Å². The summed E-state index contributed by atoms with van der Waals surface area (Å²) in [7, 11) is 2.91. The molecule has 0 saturated heterocycles. The quantitative estimate of drug-likeness (QED) is 0.735. The molecule has 0 aromatic carbocycles. The van der Waals surface area contributed by atoms with Crippen molar-refractivity contribution in [2.75, 3.05) is 14.2 Å². The Morgan fingerprint density at radius 3 is 2.54 bits per heavy atom. The molecule has 0 aliphatic carbocycles. The second-order valence-corrected chi connectivity index (χ2v) is 6.96. The summed E-state index contributed by atoms with van der Waals surface area (Å²) in [4.78, 5) is 40.2. The molecule has 1 amide bonds. The van der Waals surface area contributed by atoms with E-state index >= 15 is 0 Å². The van der Waals surface area contributed by atoms with Crippen LogP contribution in [-0.2, 0) is 20.7 Å². The Hall–Kier alpha value is -2.58. The lowest BCUT2D eigenvalue weighted by Crippen LogP contribution is -2.42. The van der Waals surface area contributed by atoms with Crippen LogP contribution in [0.25, 0.3) is 0 Å². The van der Waals surface area contributed by atoms with Crippen molar-refractivity contribution in [3.8, 4) is 0 Å². The molecule has 0 aliphatic rings. The van der Waals surface area contributed by atoms with Gasteiger partial charge in [0.15, 0.2) is 0 Å². The number of likely N-dealkylation sites (N-methyl/N-ethyl adjacent to an activating group) is 1. The number of hydrogen-bond acceptors (Lipinski definition) is 6. The molecule has 1 heterocycles. The highest BCUT2D eigenvalue weighted by Crippen LogP contribution is 2.18. The van der Waals surface area contributed by atoms with Crippen molar-refractivity contribution in [2.24, 2.45) is 0 Å². The molecule has 1 atom stereocenters. The molecule has 1 aromatic rings. The molecule has 1 N–H and O–H groups in total. The summed E-state index contributed by atoms with van der Waals surface area (Å²) >= 11 is 0. The fourth-order valence-corrected chi connectivity index (χ4v) is 2.39. The van der Waals surface area contributed by atoms with E-state index in [4.69, 9.17) is 4.74 Å². The highest BCUT2D eigenvalue weighted by atomic mass is 16.6. The molecule has 0 aliphatic heterocycles. The first-order valence-electron chi connectivity index (χ1n) is 8.32. The first kappa shape index (κ1) is 21.5. The molecule has 1 unspecified atom stereocenters. The zero-order valence-corrected chi connectivity index (χ0v) is 15.9. The van der Waals surface area contributed by atoms with Gasteiger partial charge in [-0.05, 0) is 33.6 Å². The first-order chi connectivity index (χ1) is 12.0. The van der Waals surface area contributed by atoms with Crippen molar-refractivity contribution >= 4 is 18.2 Å². The van der Waals surface area contributed by atoms with Crippen LogP contribution in [0.4, 0.5) is 9.59 Å². The minimum absolute atomic E-state index is 0.216. The summed E-state index contributed by atoms with van der Waals surface area (Å²) in [5, 5.41) is 9.21. The average molecular weight is 369 g/mol. The predicted octanol–water partition coefficient (Wildman–Crippen LogP) is 2.53. The molecule has 0 spiro atoms. The number of carbonyl (C=O) groups excluding carboxylic acids is 2. The van der Waals surface area contributed by atoms with E-state index in [1.54, 1.807) is 27.8 Å². The molecule has 146 valence electrons. The molecule has 0 radical (unpaired) electrons. The van der Waals surface area contributed by atoms with Crippen LogP contribution in [-0.4, -0.2) is 63.5 Å². The Morgan fingerprint density at radius 1 is 1.35 bits per heavy atom. The van der Waals surface area contributed by atoms with E-state index in [2.05, 4.69) is 9.72 Å². The SMILES string of the molecule is COC(=O)CCCC(Cc1cncn1C(=O)O)N(C)C(=O)OC(C)(C)C. The van der Waals surface area contributed by atoms with Gasteiger partial charge in [-0.2, -0.15) is 0 Å². The average Bonchev–Trinajstić information content (AvgIpc) is 2.99. The van der Waals surface area contributed by atoms with Crippen molar-refractivity contribution in [3.05, 3.63) is 18.2 Å². The van der Waals surface area contributed by atoms with Crippen LogP contribution in [0.2, 0.25) is 0 Å². The second-order valence-electron chi connectivity index (χ2n) is 6.96. The van der Waals surface area contributed by atoms with Gasteiger partial charge in [0.2, 0.25) is 0 Å². The normalized spacial score (nSPS) is 12.3. The zero-order chi connectivity index (χ0) is 19.9. The van der Waals surface area contributed by atoms with Crippen molar-refractivity contribution in [1.29, 1.82) is 0 Å². The summed E-state index contributed by atoms with van der Waals surface area (Å²) in [6.45, 7) is 5.31. The Labute approximate surface area is 152 Å². The Bertz CT molecular complexity index is 635. The van der Waals surface area contributed by atoms with Crippen LogP contribution < -0.4 is 0 Å². The molecule has 26 heavy (non-hydrogen) atoms. The zero-order valence-electron chi connectivity index (χ0n) is 15.9. The number of hydrogen-bond donors (Lipinski definition) is 1. The number of ether oxygens (including phenoxy) is 2. The monoisotopic (exact) mass is 369 g/mol. The number of imidazole rings is 1. The van der Waals surface area contributed by atoms with Crippen molar-refractivity contribution in [3.63, 3.8) is 0 Å². The van der Waals surface area contributed by atoms with E-state index in [0.717, 1.165) is 4.57 Å². The van der Waals surface area contributed by atoms with Crippen LogP contribution in [0.3, 0.4) is 0 Å². The lowest BCUT2D eigenvalue weighted by molar-refractivity contribution is -0.140. The van der Waals surface area contributed by atoms with Gasteiger partial charge in [-0.25, -0.2) is 19.1 Å².